The van der Waals surface area contributed by atoms with E-state index in [2.05, 4.69) is 20.8 Å². The van der Waals surface area contributed by atoms with Gasteiger partial charge in [-0.15, -0.1) is 0 Å². The molecule has 0 amide bonds. The lowest BCUT2D eigenvalue weighted by Gasteiger charge is -2.45. The Morgan fingerprint density at radius 3 is 2.57 bits per heavy atom. The predicted molar refractivity (Wildman–Crippen MR) is 98.0 cm³/mol. The maximum Gasteiger partial charge on any atom is 0.336 e. The Morgan fingerprint density at radius 1 is 1.25 bits per heavy atom. The van der Waals surface area contributed by atoms with Gasteiger partial charge in [0.15, 0.2) is 6.10 Å². The monoisotopic (exact) mass is 396 g/mol. The Bertz CT molecular complexity index is 668. The summed E-state index contributed by atoms with van der Waals surface area (Å²) in [5.41, 5.74) is -1.48. The molecule has 158 valence electrons. The molecule has 3 aliphatic heterocycles. The Kier molecular flexibility index (Phi) is 4.60. The van der Waals surface area contributed by atoms with Gasteiger partial charge in [-0.25, -0.2) is 4.79 Å². The highest BCUT2D eigenvalue weighted by atomic mass is 16.7. The maximum atomic E-state index is 12.7. The van der Waals surface area contributed by atoms with Crippen molar-refractivity contribution in [2.45, 2.75) is 78.5 Å². The third-order valence-corrected chi connectivity index (χ3v) is 7.29. The number of hydrogen-bond acceptors (Lipinski definition) is 7. The van der Waals surface area contributed by atoms with Crippen LogP contribution in [0, 0.1) is 28.1 Å². The summed E-state index contributed by atoms with van der Waals surface area (Å²) >= 11 is 0. The number of carbonyl (C=O) groups is 2. The average Bonchev–Trinajstić information content (AvgIpc) is 3.21. The molecule has 0 bridgehead atoms. The average molecular weight is 396 g/mol. The van der Waals surface area contributed by atoms with Gasteiger partial charge < -0.3 is 24.1 Å². The third kappa shape index (κ3) is 2.52. The van der Waals surface area contributed by atoms with Gasteiger partial charge in [-0.2, -0.15) is 0 Å². The molecule has 3 heterocycles. The Balaban J connectivity index is 1.78. The van der Waals surface area contributed by atoms with E-state index >= 15 is 0 Å². The van der Waals surface area contributed by atoms with Gasteiger partial charge in [0.25, 0.3) is 0 Å². The van der Waals surface area contributed by atoms with E-state index in [4.69, 9.17) is 18.9 Å². The van der Waals surface area contributed by atoms with E-state index in [9.17, 15) is 14.7 Å². The van der Waals surface area contributed by atoms with Crippen LogP contribution in [0.2, 0.25) is 0 Å². The molecule has 1 saturated carbocycles. The fourth-order valence-electron chi connectivity index (χ4n) is 6.38. The number of rotatable bonds is 6. The number of esters is 2. The highest BCUT2D eigenvalue weighted by molar-refractivity contribution is 5.82. The van der Waals surface area contributed by atoms with Crippen molar-refractivity contribution < 1.29 is 33.6 Å². The van der Waals surface area contributed by atoms with Crippen molar-refractivity contribution in [1.82, 2.24) is 0 Å². The number of aliphatic hydroxyl groups is 1. The first-order valence-electron chi connectivity index (χ1n) is 10.3. The molecule has 7 heteroatoms. The van der Waals surface area contributed by atoms with E-state index in [0.29, 0.717) is 25.4 Å². The first kappa shape index (κ1) is 20.1. The summed E-state index contributed by atoms with van der Waals surface area (Å²) in [5, 5.41) is 10.0. The Labute approximate surface area is 166 Å². The van der Waals surface area contributed by atoms with Crippen LogP contribution < -0.4 is 0 Å². The second-order valence-corrected chi connectivity index (χ2v) is 10.4. The highest BCUT2D eigenvalue weighted by Crippen LogP contribution is 2.76. The van der Waals surface area contributed by atoms with E-state index < -0.39 is 29.3 Å². The highest BCUT2D eigenvalue weighted by Gasteiger charge is 2.85. The molecule has 1 spiro atoms. The molecule has 1 N–H and O–H groups in total. The first-order chi connectivity index (χ1) is 13.1. The maximum absolute atomic E-state index is 12.7. The molecule has 28 heavy (non-hydrogen) atoms. The quantitative estimate of drug-likeness (QED) is 0.687. The van der Waals surface area contributed by atoms with Gasteiger partial charge in [-0.3, -0.25) is 4.79 Å². The van der Waals surface area contributed by atoms with E-state index in [1.165, 1.54) is 0 Å². The molecule has 7 nitrogen and oxygen atoms in total. The van der Waals surface area contributed by atoms with Gasteiger partial charge in [0, 0.05) is 6.61 Å². The van der Waals surface area contributed by atoms with Gasteiger partial charge in [-0.05, 0) is 30.1 Å². The molecule has 3 saturated heterocycles. The Morgan fingerprint density at radius 2 is 1.96 bits per heavy atom. The molecule has 0 radical (unpaired) electrons. The summed E-state index contributed by atoms with van der Waals surface area (Å²) in [4.78, 5) is 25.0. The van der Waals surface area contributed by atoms with Crippen LogP contribution in [0.15, 0.2) is 0 Å². The number of aliphatic hydroxyl groups excluding tert-OH is 1. The zero-order chi connectivity index (χ0) is 20.5. The number of hydrogen-bond donors (Lipinski definition) is 1. The normalized spacial score (nSPS) is 42.5. The summed E-state index contributed by atoms with van der Waals surface area (Å²) in [6, 6.07) is 0. The van der Waals surface area contributed by atoms with Crippen LogP contribution in [0.25, 0.3) is 0 Å². The largest absolute Gasteiger partial charge is 0.460 e. The van der Waals surface area contributed by atoms with Crippen LogP contribution in [0.3, 0.4) is 0 Å². The fourth-order valence-corrected chi connectivity index (χ4v) is 6.38. The molecule has 0 aromatic rings. The molecule has 6 unspecified atom stereocenters. The third-order valence-electron chi connectivity index (χ3n) is 7.29. The van der Waals surface area contributed by atoms with Crippen molar-refractivity contribution in [2.75, 3.05) is 13.2 Å². The molecular weight excluding hydrogens is 364 g/mol. The molecule has 7 atom stereocenters. The zero-order valence-electron chi connectivity index (χ0n) is 17.4. The molecular formula is C21H32O7. The van der Waals surface area contributed by atoms with E-state index in [1.54, 1.807) is 0 Å². The second-order valence-electron chi connectivity index (χ2n) is 10.4. The van der Waals surface area contributed by atoms with Crippen molar-refractivity contribution in [3.8, 4) is 0 Å². The van der Waals surface area contributed by atoms with Gasteiger partial charge in [0.1, 0.15) is 6.10 Å². The minimum absolute atomic E-state index is 0.0870. The lowest BCUT2D eigenvalue weighted by molar-refractivity contribution is -0.180. The van der Waals surface area contributed by atoms with Crippen LogP contribution in [-0.4, -0.2) is 54.9 Å². The van der Waals surface area contributed by atoms with Crippen LogP contribution >= 0.6 is 0 Å². The molecule has 4 rings (SSSR count). The van der Waals surface area contributed by atoms with E-state index in [0.717, 1.165) is 0 Å². The molecule has 4 fully saturated rings. The van der Waals surface area contributed by atoms with Crippen LogP contribution in [-0.2, 0) is 28.5 Å². The SMILES string of the molecule is CC(C)COC(CO)CC12C3C[C@@H](C(C)(C)C)C14CC(=O)OC4OC2C(=O)O3. The van der Waals surface area contributed by atoms with Crippen LogP contribution in [0.5, 0.6) is 0 Å². The molecule has 0 aromatic carbocycles. The Hall–Kier alpha value is -1.18. The van der Waals surface area contributed by atoms with Gasteiger partial charge in [0.2, 0.25) is 6.29 Å². The van der Waals surface area contributed by atoms with Crippen molar-refractivity contribution in [1.29, 1.82) is 0 Å². The topological polar surface area (TPSA) is 91.3 Å². The molecule has 4 aliphatic rings. The fraction of sp³-hybridized carbons (Fsp3) is 0.905. The van der Waals surface area contributed by atoms with Crippen LogP contribution in [0.4, 0.5) is 0 Å². The summed E-state index contributed by atoms with van der Waals surface area (Å²) in [5.74, 6) is -0.266. The summed E-state index contributed by atoms with van der Waals surface area (Å²) in [7, 11) is 0. The summed E-state index contributed by atoms with van der Waals surface area (Å²) in [6.45, 7) is 10.9. The first-order valence-corrected chi connectivity index (χ1v) is 10.3. The van der Waals surface area contributed by atoms with Gasteiger partial charge in [0.05, 0.1) is 30.0 Å². The van der Waals surface area contributed by atoms with Crippen molar-refractivity contribution >= 4 is 11.9 Å². The second kappa shape index (κ2) is 6.41. The van der Waals surface area contributed by atoms with Crippen LogP contribution in [0.1, 0.15) is 53.9 Å². The standard InChI is InChI=1S/C21H32O7/c1-11(2)10-25-12(9-22)7-21-14-6-13(19(3,4)5)20(21)8-15(23)27-18(20)28-16(21)17(24)26-14/h11-14,16,18,22H,6-10H2,1-5H3/t12?,13-,14?,16?,18?,20?,21?/m0/s1. The molecule has 0 aromatic heterocycles. The smallest absolute Gasteiger partial charge is 0.336 e. The number of ether oxygens (including phenoxy) is 4. The zero-order valence-corrected chi connectivity index (χ0v) is 17.4. The lowest BCUT2D eigenvalue weighted by Crippen LogP contribution is -2.51. The van der Waals surface area contributed by atoms with Crippen molar-refractivity contribution in [2.24, 2.45) is 28.1 Å². The molecule has 1 aliphatic carbocycles. The van der Waals surface area contributed by atoms with Crippen molar-refractivity contribution in [3.05, 3.63) is 0 Å². The van der Waals surface area contributed by atoms with E-state index in [1.807, 2.05) is 13.8 Å². The van der Waals surface area contributed by atoms with E-state index in [-0.39, 0.29) is 42.4 Å². The summed E-state index contributed by atoms with van der Waals surface area (Å²) < 4.78 is 23.4. The predicted octanol–water partition coefficient (Wildman–Crippen LogP) is 2.05. The van der Waals surface area contributed by atoms with Crippen molar-refractivity contribution in [3.63, 3.8) is 0 Å². The van der Waals surface area contributed by atoms with Gasteiger partial charge in [-0.1, -0.05) is 34.6 Å². The minimum atomic E-state index is -0.778. The lowest BCUT2D eigenvalue weighted by atomic mass is 9.54. The van der Waals surface area contributed by atoms with Gasteiger partial charge >= 0.3 is 11.9 Å². The number of carbonyl (C=O) groups excluding carboxylic acids is 2. The minimum Gasteiger partial charge on any atom is -0.460 e. The summed E-state index contributed by atoms with van der Waals surface area (Å²) in [6.07, 6.45) is -1.02.